The van der Waals surface area contributed by atoms with Crippen LogP contribution >= 0.6 is 0 Å². The van der Waals surface area contributed by atoms with Crippen LogP contribution in [0.15, 0.2) is 30.0 Å². The van der Waals surface area contributed by atoms with E-state index in [1.165, 1.54) is 17.2 Å². The maximum Gasteiger partial charge on any atom is 0.534 e. The SMILES string of the molecule is CCC(Cc1ccc2c(c1)CC[C@@H]1[C@@H]2CC[C@]2(C)C(OS(=O)(=O)C(F)(F)F)=CC[C@@H]12)C(=O)O. The molecule has 5 nitrogen and oxygen atoms in total. The van der Waals surface area contributed by atoms with E-state index in [0.29, 0.717) is 25.7 Å². The normalized spacial score (nSPS) is 30.0. The molecule has 1 unspecified atom stereocenters. The highest BCUT2D eigenvalue weighted by atomic mass is 32.2. The van der Waals surface area contributed by atoms with E-state index in [9.17, 15) is 31.5 Å². The molecule has 5 atom stereocenters. The van der Waals surface area contributed by atoms with Gasteiger partial charge >= 0.3 is 21.6 Å². The lowest BCUT2D eigenvalue weighted by Gasteiger charge is -2.49. The Labute approximate surface area is 192 Å². The highest BCUT2D eigenvalue weighted by Crippen LogP contribution is 2.61. The lowest BCUT2D eigenvalue weighted by molar-refractivity contribution is -0.141. The molecule has 33 heavy (non-hydrogen) atoms. The third-order valence-electron chi connectivity index (χ3n) is 8.11. The zero-order valence-corrected chi connectivity index (χ0v) is 19.5. The molecule has 3 aliphatic rings. The van der Waals surface area contributed by atoms with E-state index in [1.807, 2.05) is 19.9 Å². The molecule has 0 radical (unpaired) electrons. The summed E-state index contributed by atoms with van der Waals surface area (Å²) in [5, 5.41) is 9.36. The lowest BCUT2D eigenvalue weighted by atomic mass is 9.55. The van der Waals surface area contributed by atoms with Crippen molar-refractivity contribution in [2.45, 2.75) is 70.2 Å². The molecule has 0 aliphatic heterocycles. The molecule has 0 saturated heterocycles. The van der Waals surface area contributed by atoms with Crippen molar-refractivity contribution in [3.8, 4) is 0 Å². The summed E-state index contributed by atoms with van der Waals surface area (Å²) in [5.74, 6) is -0.751. The van der Waals surface area contributed by atoms with Gasteiger partial charge in [0.25, 0.3) is 0 Å². The average Bonchev–Trinajstić information content (AvgIpc) is 3.06. The standard InChI is InChI=1S/C24H29F3O5S/c1-3-15(22(28)29)12-14-4-6-17-16(13-14)5-7-19-18(17)10-11-23(2)20(19)8-9-21(23)32-33(30,31)24(25,26)27/h4,6,9,13,15,18-20H,3,5,7-8,10-12H2,1-2H3,(H,28,29)/t15?,18-,19-,20+,23+/m1/s1. The van der Waals surface area contributed by atoms with Crippen LogP contribution in [0.2, 0.25) is 0 Å². The van der Waals surface area contributed by atoms with E-state index in [0.717, 1.165) is 24.8 Å². The van der Waals surface area contributed by atoms with Crippen molar-refractivity contribution >= 4 is 16.1 Å². The van der Waals surface area contributed by atoms with Gasteiger partial charge < -0.3 is 9.29 Å². The number of aryl methyl sites for hydroxylation is 1. The fourth-order valence-electron chi connectivity index (χ4n) is 6.28. The summed E-state index contributed by atoms with van der Waals surface area (Å²) in [6, 6.07) is 6.20. The highest BCUT2D eigenvalue weighted by Gasteiger charge is 2.56. The lowest BCUT2D eigenvalue weighted by Crippen LogP contribution is -2.42. The van der Waals surface area contributed by atoms with Crippen LogP contribution in [0, 0.1) is 23.2 Å². The van der Waals surface area contributed by atoms with Crippen molar-refractivity contribution in [2.75, 3.05) is 0 Å². The van der Waals surface area contributed by atoms with Gasteiger partial charge in [0.1, 0.15) is 5.76 Å². The molecule has 1 fully saturated rings. The van der Waals surface area contributed by atoms with Crippen molar-refractivity contribution in [3.63, 3.8) is 0 Å². The predicted octanol–water partition coefficient (Wildman–Crippen LogP) is 5.56. The Kier molecular flexibility index (Phi) is 6.08. The molecule has 0 bridgehead atoms. The molecule has 0 heterocycles. The minimum Gasteiger partial charge on any atom is -0.481 e. The summed E-state index contributed by atoms with van der Waals surface area (Å²) in [4.78, 5) is 11.4. The average molecular weight is 487 g/mol. The van der Waals surface area contributed by atoms with Crippen LogP contribution in [0.4, 0.5) is 13.2 Å². The van der Waals surface area contributed by atoms with Crippen molar-refractivity contribution in [1.29, 1.82) is 0 Å². The maximum absolute atomic E-state index is 12.9. The number of hydrogen-bond acceptors (Lipinski definition) is 4. The second-order valence-electron chi connectivity index (χ2n) is 9.84. The third kappa shape index (κ3) is 4.17. The van der Waals surface area contributed by atoms with E-state index in [-0.39, 0.29) is 23.5 Å². The van der Waals surface area contributed by atoms with Gasteiger partial charge in [-0.15, -0.1) is 0 Å². The number of rotatable bonds is 6. The minimum atomic E-state index is -5.68. The van der Waals surface area contributed by atoms with Gasteiger partial charge in [0, 0.05) is 5.41 Å². The molecule has 4 rings (SSSR count). The number of carboxylic acid groups (broad SMARTS) is 1. The van der Waals surface area contributed by atoms with Crippen LogP contribution in [-0.2, 0) is 31.9 Å². The molecule has 0 aromatic heterocycles. The van der Waals surface area contributed by atoms with E-state index < -0.39 is 32.9 Å². The van der Waals surface area contributed by atoms with Gasteiger partial charge in [-0.1, -0.05) is 32.0 Å². The second-order valence-corrected chi connectivity index (χ2v) is 11.4. The van der Waals surface area contributed by atoms with Crippen molar-refractivity contribution < 1.29 is 35.7 Å². The largest absolute Gasteiger partial charge is 0.534 e. The van der Waals surface area contributed by atoms with Gasteiger partial charge in [-0.2, -0.15) is 21.6 Å². The first kappa shape index (κ1) is 24.1. The van der Waals surface area contributed by atoms with E-state index >= 15 is 0 Å². The number of allylic oxidation sites excluding steroid dienone is 2. The molecule has 1 saturated carbocycles. The van der Waals surface area contributed by atoms with Crippen molar-refractivity contribution in [3.05, 3.63) is 46.7 Å². The number of aliphatic carboxylic acids is 1. The summed E-state index contributed by atoms with van der Waals surface area (Å²) in [7, 11) is -5.68. The molecular formula is C24H29F3O5S. The Balaban J connectivity index is 1.53. The van der Waals surface area contributed by atoms with Gasteiger partial charge in [0.2, 0.25) is 0 Å². The number of benzene rings is 1. The highest BCUT2D eigenvalue weighted by molar-refractivity contribution is 7.87. The summed E-state index contributed by atoms with van der Waals surface area (Å²) >= 11 is 0. The van der Waals surface area contributed by atoms with Crippen molar-refractivity contribution in [1.82, 2.24) is 0 Å². The second kappa shape index (κ2) is 8.32. The molecule has 0 spiro atoms. The van der Waals surface area contributed by atoms with E-state index in [4.69, 9.17) is 0 Å². The molecule has 3 aliphatic carbocycles. The van der Waals surface area contributed by atoms with Crippen LogP contribution in [0.1, 0.15) is 68.6 Å². The number of carbonyl (C=O) groups is 1. The van der Waals surface area contributed by atoms with Gasteiger partial charge in [-0.3, -0.25) is 4.79 Å². The summed E-state index contributed by atoms with van der Waals surface area (Å²) in [6.45, 7) is 3.70. The maximum atomic E-state index is 12.9. The minimum absolute atomic E-state index is 0.0268. The Hall–Kier alpha value is -2.03. The first-order chi connectivity index (χ1) is 15.4. The predicted molar refractivity (Wildman–Crippen MR) is 116 cm³/mol. The van der Waals surface area contributed by atoms with Crippen LogP contribution in [0.3, 0.4) is 0 Å². The van der Waals surface area contributed by atoms with Crippen LogP contribution in [-0.4, -0.2) is 25.0 Å². The Morgan fingerprint density at radius 2 is 2.03 bits per heavy atom. The van der Waals surface area contributed by atoms with Crippen molar-refractivity contribution in [2.24, 2.45) is 23.2 Å². The third-order valence-corrected chi connectivity index (χ3v) is 9.07. The zero-order chi connectivity index (χ0) is 24.2. The van der Waals surface area contributed by atoms with Gasteiger partial charge in [0.15, 0.2) is 0 Å². The van der Waals surface area contributed by atoms with Crippen LogP contribution in [0.25, 0.3) is 0 Å². The quantitative estimate of drug-likeness (QED) is 0.421. The van der Waals surface area contributed by atoms with Gasteiger partial charge in [0.05, 0.1) is 5.92 Å². The van der Waals surface area contributed by atoms with Crippen LogP contribution in [0.5, 0.6) is 0 Å². The molecule has 0 amide bonds. The van der Waals surface area contributed by atoms with Gasteiger partial charge in [-0.05, 0) is 85.5 Å². The van der Waals surface area contributed by atoms with Gasteiger partial charge in [-0.25, -0.2) is 0 Å². The number of alkyl halides is 3. The smallest absolute Gasteiger partial charge is 0.481 e. The number of hydrogen-bond donors (Lipinski definition) is 1. The molecule has 182 valence electrons. The molecule has 1 aromatic rings. The molecule has 1 aromatic carbocycles. The van der Waals surface area contributed by atoms with E-state index in [2.05, 4.69) is 16.3 Å². The topological polar surface area (TPSA) is 80.7 Å². The summed E-state index contributed by atoms with van der Waals surface area (Å²) in [5.41, 5.74) is -2.71. The number of halogens is 3. The van der Waals surface area contributed by atoms with Crippen LogP contribution < -0.4 is 0 Å². The Morgan fingerprint density at radius 3 is 2.67 bits per heavy atom. The molecule has 9 heteroatoms. The summed E-state index contributed by atoms with van der Waals surface area (Å²) in [6.07, 6.45) is 6.07. The first-order valence-corrected chi connectivity index (χ1v) is 12.8. The number of carboxylic acids is 1. The summed E-state index contributed by atoms with van der Waals surface area (Å²) < 4.78 is 66.5. The van der Waals surface area contributed by atoms with E-state index in [1.54, 1.807) is 0 Å². The zero-order valence-electron chi connectivity index (χ0n) is 18.7. The fourth-order valence-corrected chi connectivity index (χ4v) is 6.87. The number of fused-ring (bicyclic) bond motifs is 5. The Morgan fingerprint density at radius 1 is 1.30 bits per heavy atom. The Bertz CT molecular complexity index is 1080. The monoisotopic (exact) mass is 486 g/mol. The fraction of sp³-hybridized carbons (Fsp3) is 0.625. The first-order valence-electron chi connectivity index (χ1n) is 11.4. The molecular weight excluding hydrogens is 457 g/mol. The molecule has 1 N–H and O–H groups in total.